The zero-order valence-electron chi connectivity index (χ0n) is 12.8. The summed E-state index contributed by atoms with van der Waals surface area (Å²) in [4.78, 5) is 15.6. The predicted molar refractivity (Wildman–Crippen MR) is 79.3 cm³/mol. The van der Waals surface area contributed by atoms with Crippen molar-refractivity contribution in [2.45, 2.75) is 46.2 Å². The monoisotopic (exact) mass is 300 g/mol. The molecule has 0 saturated heterocycles. The maximum Gasteiger partial charge on any atom is 0.242 e. The van der Waals surface area contributed by atoms with Crippen molar-refractivity contribution in [3.05, 3.63) is 17.7 Å². The van der Waals surface area contributed by atoms with Gasteiger partial charge in [-0.05, 0) is 27.2 Å². The Hall–Kier alpha value is -1.92. The minimum Gasteiger partial charge on any atom is -0.368 e. The number of halogens is 2. The van der Waals surface area contributed by atoms with Crippen LogP contribution in [0, 0.1) is 11.6 Å². The molecule has 0 aliphatic rings. The molecular formula is C14H22F2N4O. The zero-order chi connectivity index (χ0) is 16.0. The highest BCUT2D eigenvalue weighted by Gasteiger charge is 2.18. The Morgan fingerprint density at radius 2 is 1.86 bits per heavy atom. The molecule has 5 nitrogen and oxygen atoms in total. The Kier molecular flexibility index (Phi) is 6.33. The van der Waals surface area contributed by atoms with E-state index in [1.165, 1.54) is 0 Å². The number of nitrogens with one attached hydrogen (secondary N) is 3. The molecule has 0 saturated carbocycles. The molecule has 0 aromatic carbocycles. The molecule has 1 amide bonds. The molecule has 3 N–H and O–H groups in total. The molecule has 1 atom stereocenters. The Morgan fingerprint density at radius 3 is 2.43 bits per heavy atom. The topological polar surface area (TPSA) is 66.0 Å². The number of amides is 1. The Morgan fingerprint density at radius 1 is 1.24 bits per heavy atom. The molecule has 1 rings (SSSR count). The molecule has 0 spiro atoms. The lowest BCUT2D eigenvalue weighted by Gasteiger charge is -2.17. The molecule has 21 heavy (non-hydrogen) atoms. The van der Waals surface area contributed by atoms with E-state index < -0.39 is 17.7 Å². The van der Waals surface area contributed by atoms with E-state index >= 15 is 0 Å². The van der Waals surface area contributed by atoms with E-state index in [1.54, 1.807) is 6.92 Å². The normalized spacial score (nSPS) is 12.1. The summed E-state index contributed by atoms with van der Waals surface area (Å²) in [7, 11) is 0. The highest BCUT2D eigenvalue weighted by atomic mass is 19.1. The summed E-state index contributed by atoms with van der Waals surface area (Å²) in [6, 6.07) is 0.0499. The third-order valence-electron chi connectivity index (χ3n) is 2.65. The fourth-order valence-corrected chi connectivity index (χ4v) is 1.62. The average molecular weight is 300 g/mol. The molecule has 0 aliphatic heterocycles. The summed E-state index contributed by atoms with van der Waals surface area (Å²) in [6.07, 6.45) is 0.786. The Balaban J connectivity index is 2.84. The summed E-state index contributed by atoms with van der Waals surface area (Å²) in [5, 5.41) is 8.13. The smallest absolute Gasteiger partial charge is 0.242 e. The first-order valence-corrected chi connectivity index (χ1v) is 7.02. The molecule has 7 heteroatoms. The standard InChI is InChI=1S/C14H22F2N4O/c1-5-6-17-12-10(15)7-11(16)13(20-12)19-9(4)14(21)18-8(2)3/h7-9H,5-6H2,1-4H3,(H,18,21)(H2,17,19,20). The van der Waals surface area contributed by atoms with Crippen LogP contribution in [-0.4, -0.2) is 29.5 Å². The van der Waals surface area contributed by atoms with Gasteiger partial charge in [-0.15, -0.1) is 0 Å². The van der Waals surface area contributed by atoms with Gasteiger partial charge in [-0.1, -0.05) is 6.92 Å². The molecule has 1 unspecified atom stereocenters. The lowest BCUT2D eigenvalue weighted by Crippen LogP contribution is -2.41. The highest BCUT2D eigenvalue weighted by Crippen LogP contribution is 2.19. The van der Waals surface area contributed by atoms with Crippen LogP contribution < -0.4 is 16.0 Å². The molecule has 1 aromatic rings. The maximum atomic E-state index is 13.7. The number of carbonyl (C=O) groups excluding carboxylic acids is 1. The summed E-state index contributed by atoms with van der Waals surface area (Å²) in [5.74, 6) is -2.05. The maximum absolute atomic E-state index is 13.7. The van der Waals surface area contributed by atoms with E-state index in [1.807, 2.05) is 20.8 Å². The predicted octanol–water partition coefficient (Wildman–Crippen LogP) is 2.51. The number of hydrogen-bond acceptors (Lipinski definition) is 4. The van der Waals surface area contributed by atoms with Crippen molar-refractivity contribution in [3.63, 3.8) is 0 Å². The van der Waals surface area contributed by atoms with Crippen molar-refractivity contribution in [1.82, 2.24) is 10.3 Å². The number of aromatic nitrogens is 1. The van der Waals surface area contributed by atoms with Gasteiger partial charge in [0.2, 0.25) is 5.91 Å². The molecule has 118 valence electrons. The second kappa shape index (κ2) is 7.75. The van der Waals surface area contributed by atoms with Crippen LogP contribution in [0.1, 0.15) is 34.1 Å². The van der Waals surface area contributed by atoms with E-state index in [-0.39, 0.29) is 23.6 Å². The second-order valence-corrected chi connectivity index (χ2v) is 5.11. The second-order valence-electron chi connectivity index (χ2n) is 5.11. The molecule has 0 bridgehead atoms. The zero-order valence-corrected chi connectivity index (χ0v) is 12.8. The van der Waals surface area contributed by atoms with Gasteiger partial charge in [-0.25, -0.2) is 13.8 Å². The third kappa shape index (κ3) is 5.17. The Bertz CT molecular complexity index is 494. The van der Waals surface area contributed by atoms with Crippen molar-refractivity contribution in [3.8, 4) is 0 Å². The fraction of sp³-hybridized carbons (Fsp3) is 0.571. The SMILES string of the molecule is CCCNc1nc(NC(C)C(=O)NC(C)C)c(F)cc1F. The summed E-state index contributed by atoms with van der Waals surface area (Å²) < 4.78 is 27.3. The van der Waals surface area contributed by atoms with Crippen LogP contribution in [0.3, 0.4) is 0 Å². The number of carbonyl (C=O) groups is 1. The van der Waals surface area contributed by atoms with Crippen LogP contribution in [0.5, 0.6) is 0 Å². The van der Waals surface area contributed by atoms with Crippen LogP contribution in [0.25, 0.3) is 0 Å². The van der Waals surface area contributed by atoms with Crippen LogP contribution >= 0.6 is 0 Å². The van der Waals surface area contributed by atoms with E-state index in [4.69, 9.17) is 0 Å². The number of hydrogen-bond donors (Lipinski definition) is 3. The number of pyridine rings is 1. The minimum atomic E-state index is -0.834. The molecule has 1 heterocycles. The highest BCUT2D eigenvalue weighted by molar-refractivity contribution is 5.84. The largest absolute Gasteiger partial charge is 0.368 e. The van der Waals surface area contributed by atoms with Gasteiger partial charge in [0.1, 0.15) is 6.04 Å². The van der Waals surface area contributed by atoms with Gasteiger partial charge in [-0.3, -0.25) is 4.79 Å². The van der Waals surface area contributed by atoms with Crippen LogP contribution in [0.4, 0.5) is 20.4 Å². The molecule has 0 aliphatic carbocycles. The van der Waals surface area contributed by atoms with Gasteiger partial charge >= 0.3 is 0 Å². The van der Waals surface area contributed by atoms with E-state index in [0.717, 1.165) is 12.5 Å². The van der Waals surface area contributed by atoms with Gasteiger partial charge in [0.15, 0.2) is 23.3 Å². The quantitative estimate of drug-likeness (QED) is 0.724. The van der Waals surface area contributed by atoms with Crippen LogP contribution in [0.15, 0.2) is 6.07 Å². The van der Waals surface area contributed by atoms with Gasteiger partial charge in [0.25, 0.3) is 0 Å². The first kappa shape index (κ1) is 17.1. The molecule has 0 radical (unpaired) electrons. The lowest BCUT2D eigenvalue weighted by atomic mass is 10.2. The summed E-state index contributed by atoms with van der Waals surface area (Å²) in [5.41, 5.74) is 0. The third-order valence-corrected chi connectivity index (χ3v) is 2.65. The number of anilines is 2. The number of rotatable bonds is 7. The number of nitrogens with zero attached hydrogens (tertiary/aromatic N) is 1. The molecule has 0 fully saturated rings. The van der Waals surface area contributed by atoms with E-state index in [9.17, 15) is 13.6 Å². The molecular weight excluding hydrogens is 278 g/mol. The van der Waals surface area contributed by atoms with Crippen LogP contribution in [-0.2, 0) is 4.79 Å². The van der Waals surface area contributed by atoms with Gasteiger partial charge in [-0.2, -0.15) is 0 Å². The van der Waals surface area contributed by atoms with Crippen molar-refractivity contribution < 1.29 is 13.6 Å². The van der Waals surface area contributed by atoms with Gasteiger partial charge in [0, 0.05) is 18.7 Å². The van der Waals surface area contributed by atoms with E-state index in [2.05, 4.69) is 20.9 Å². The van der Waals surface area contributed by atoms with Crippen molar-refractivity contribution >= 4 is 17.5 Å². The van der Waals surface area contributed by atoms with Crippen molar-refractivity contribution in [2.75, 3.05) is 17.2 Å². The average Bonchev–Trinajstić information content (AvgIpc) is 2.39. The van der Waals surface area contributed by atoms with Gasteiger partial charge < -0.3 is 16.0 Å². The van der Waals surface area contributed by atoms with Crippen molar-refractivity contribution in [1.29, 1.82) is 0 Å². The first-order chi connectivity index (χ1) is 9.85. The first-order valence-electron chi connectivity index (χ1n) is 7.02. The summed E-state index contributed by atoms with van der Waals surface area (Å²) >= 11 is 0. The van der Waals surface area contributed by atoms with Crippen molar-refractivity contribution in [2.24, 2.45) is 0 Å². The van der Waals surface area contributed by atoms with E-state index in [0.29, 0.717) is 6.54 Å². The lowest BCUT2D eigenvalue weighted by molar-refractivity contribution is -0.122. The Labute approximate surface area is 123 Å². The van der Waals surface area contributed by atoms with Crippen LogP contribution in [0.2, 0.25) is 0 Å². The molecule has 1 aromatic heterocycles. The summed E-state index contributed by atoms with van der Waals surface area (Å²) in [6.45, 7) is 7.69. The fourth-order valence-electron chi connectivity index (χ4n) is 1.62. The minimum absolute atomic E-state index is 0.0189. The van der Waals surface area contributed by atoms with Gasteiger partial charge in [0.05, 0.1) is 0 Å².